The van der Waals surface area contributed by atoms with Crippen LogP contribution in [0.3, 0.4) is 0 Å². The van der Waals surface area contributed by atoms with E-state index in [1.807, 2.05) is 4.90 Å². The number of nitrogens with zero attached hydrogens (tertiary/aromatic N) is 3. The zero-order chi connectivity index (χ0) is 27.9. The third-order valence-electron chi connectivity index (χ3n) is 11.2. The van der Waals surface area contributed by atoms with Gasteiger partial charge in [0.15, 0.2) is 0 Å². The van der Waals surface area contributed by atoms with E-state index in [1.54, 1.807) is 0 Å². The van der Waals surface area contributed by atoms with E-state index >= 15 is 0 Å². The van der Waals surface area contributed by atoms with E-state index in [-0.39, 0.29) is 23.8 Å². The fraction of sp³-hybridized carbons (Fsp3) is 0.742. The highest BCUT2D eigenvalue weighted by Gasteiger charge is 2.57. The maximum atomic E-state index is 14.5. The molecule has 216 valence electrons. The molecule has 1 aliphatic carbocycles. The Morgan fingerprint density at radius 1 is 0.900 bits per heavy atom. The Labute approximate surface area is 238 Å². The normalized spacial score (nSPS) is 31.3. The highest BCUT2D eigenvalue weighted by Crippen LogP contribution is 2.51. The van der Waals surface area contributed by atoms with Crippen molar-refractivity contribution < 1.29 is 23.6 Å². The zero-order valence-corrected chi connectivity index (χ0v) is 24.6. The highest BCUT2D eigenvalue weighted by atomic mass is 16.7. The van der Waals surface area contributed by atoms with Crippen molar-refractivity contribution in [1.82, 2.24) is 9.80 Å². The number of anilines is 1. The lowest BCUT2D eigenvalue weighted by atomic mass is 9.71. The van der Waals surface area contributed by atoms with E-state index in [4.69, 9.17) is 14.0 Å². The first-order valence-corrected chi connectivity index (χ1v) is 15.5. The number of benzene rings is 1. The predicted octanol–water partition coefficient (Wildman–Crippen LogP) is 2.86. The SMILES string of the molecule is CC1(C)OB(c2ccc3c(c2)N(C2CC(N4CCCCC4)C2)C(=O)C32CCN(C(=O)C3COC3)CC2)OC1(C)C. The molecule has 1 spiro atoms. The summed E-state index contributed by atoms with van der Waals surface area (Å²) in [5.74, 6) is 0.402. The maximum Gasteiger partial charge on any atom is 0.494 e. The van der Waals surface area contributed by atoms with Crippen LogP contribution in [0.5, 0.6) is 0 Å². The van der Waals surface area contributed by atoms with Crippen molar-refractivity contribution in [2.45, 2.75) is 101 Å². The predicted molar refractivity (Wildman–Crippen MR) is 154 cm³/mol. The second-order valence-corrected chi connectivity index (χ2v) is 14.1. The Morgan fingerprint density at radius 3 is 2.15 bits per heavy atom. The molecule has 0 bridgehead atoms. The van der Waals surface area contributed by atoms with Crippen LogP contribution in [-0.2, 0) is 29.0 Å². The molecule has 2 amide bonds. The van der Waals surface area contributed by atoms with Gasteiger partial charge in [-0.1, -0.05) is 18.6 Å². The molecule has 4 saturated heterocycles. The van der Waals surface area contributed by atoms with Crippen LogP contribution in [0.1, 0.15) is 78.2 Å². The second-order valence-electron chi connectivity index (χ2n) is 14.1. The van der Waals surface area contributed by atoms with E-state index in [2.05, 4.69) is 55.7 Å². The van der Waals surface area contributed by atoms with Gasteiger partial charge in [-0.05, 0) is 96.4 Å². The van der Waals surface area contributed by atoms with Gasteiger partial charge in [0.05, 0.1) is 35.7 Å². The summed E-state index contributed by atoms with van der Waals surface area (Å²) in [5.41, 5.74) is 1.72. The standard InChI is InChI=1S/C31H44BN3O5/c1-29(2)30(3,4)40-32(39-29)22-8-9-25-26(16-22)35(24-17-23(18-24)33-12-6-5-7-13-33)28(37)31(25)10-14-34(15-11-31)27(36)21-19-38-20-21/h8-9,16,21,23-24H,5-7,10-15,17-20H2,1-4H3. The average Bonchev–Trinajstić information content (AvgIpc) is 3.24. The van der Waals surface area contributed by atoms with Gasteiger partial charge < -0.3 is 28.7 Å². The summed E-state index contributed by atoms with van der Waals surface area (Å²) >= 11 is 0. The largest absolute Gasteiger partial charge is 0.494 e. The van der Waals surface area contributed by atoms with Gasteiger partial charge in [0, 0.05) is 30.9 Å². The average molecular weight is 550 g/mol. The van der Waals surface area contributed by atoms with E-state index in [0.717, 1.165) is 29.6 Å². The quantitative estimate of drug-likeness (QED) is 0.539. The molecule has 5 fully saturated rings. The van der Waals surface area contributed by atoms with Crippen LogP contribution < -0.4 is 10.4 Å². The lowest BCUT2D eigenvalue weighted by molar-refractivity contribution is -0.152. The molecule has 1 saturated carbocycles. The number of likely N-dealkylation sites (tertiary alicyclic amines) is 2. The highest BCUT2D eigenvalue weighted by molar-refractivity contribution is 6.62. The summed E-state index contributed by atoms with van der Waals surface area (Å²) in [4.78, 5) is 34.2. The Bertz CT molecular complexity index is 1160. The Morgan fingerprint density at radius 2 is 1.55 bits per heavy atom. The number of piperidine rings is 2. The maximum absolute atomic E-state index is 14.5. The minimum atomic E-state index is -0.563. The first-order chi connectivity index (χ1) is 19.1. The van der Waals surface area contributed by atoms with Gasteiger partial charge in [0.2, 0.25) is 11.8 Å². The summed E-state index contributed by atoms with van der Waals surface area (Å²) in [5, 5.41) is 0. The van der Waals surface area contributed by atoms with Crippen LogP contribution in [0.25, 0.3) is 0 Å². The van der Waals surface area contributed by atoms with Gasteiger partial charge >= 0.3 is 7.12 Å². The Balaban J connectivity index is 1.17. The molecule has 7 rings (SSSR count). The lowest BCUT2D eigenvalue weighted by Crippen LogP contribution is -2.59. The van der Waals surface area contributed by atoms with E-state index < -0.39 is 23.7 Å². The van der Waals surface area contributed by atoms with Crippen molar-refractivity contribution in [2.24, 2.45) is 5.92 Å². The first-order valence-electron chi connectivity index (χ1n) is 15.5. The monoisotopic (exact) mass is 549 g/mol. The molecule has 0 radical (unpaired) electrons. The van der Waals surface area contributed by atoms with Gasteiger partial charge in [-0.3, -0.25) is 9.59 Å². The second kappa shape index (κ2) is 9.55. The number of hydrogen-bond donors (Lipinski definition) is 0. The molecule has 0 aromatic heterocycles. The molecule has 0 atom stereocenters. The molecule has 9 heteroatoms. The van der Waals surface area contributed by atoms with Gasteiger partial charge in [-0.15, -0.1) is 0 Å². The molecule has 5 aliphatic heterocycles. The minimum Gasteiger partial charge on any atom is -0.399 e. The minimum absolute atomic E-state index is 0.0127. The summed E-state index contributed by atoms with van der Waals surface area (Å²) in [6.45, 7) is 13.0. The summed E-state index contributed by atoms with van der Waals surface area (Å²) in [6.07, 6.45) is 7.33. The molecule has 1 aromatic carbocycles. The van der Waals surface area contributed by atoms with Crippen molar-refractivity contribution >= 4 is 30.1 Å². The zero-order valence-electron chi connectivity index (χ0n) is 24.6. The summed E-state index contributed by atoms with van der Waals surface area (Å²) < 4.78 is 18.1. The van der Waals surface area contributed by atoms with Gasteiger partial charge in [0.25, 0.3) is 0 Å². The fourth-order valence-corrected chi connectivity index (χ4v) is 7.68. The number of amides is 2. The number of carbonyl (C=O) groups is 2. The van der Waals surface area contributed by atoms with Gasteiger partial charge in [-0.25, -0.2) is 0 Å². The van der Waals surface area contributed by atoms with Crippen LogP contribution in [-0.4, -0.2) is 91.4 Å². The van der Waals surface area contributed by atoms with Gasteiger partial charge in [-0.2, -0.15) is 0 Å². The third kappa shape index (κ3) is 4.09. The van der Waals surface area contributed by atoms with Gasteiger partial charge in [0.1, 0.15) is 0 Å². The van der Waals surface area contributed by atoms with E-state index in [1.165, 1.54) is 32.4 Å². The molecule has 40 heavy (non-hydrogen) atoms. The van der Waals surface area contributed by atoms with Crippen LogP contribution in [0.2, 0.25) is 0 Å². The van der Waals surface area contributed by atoms with Crippen LogP contribution in [0, 0.1) is 5.92 Å². The molecule has 8 nitrogen and oxygen atoms in total. The summed E-state index contributed by atoms with van der Waals surface area (Å²) in [7, 11) is -0.463. The summed E-state index contributed by atoms with van der Waals surface area (Å²) in [6, 6.07) is 7.22. The van der Waals surface area contributed by atoms with Crippen molar-refractivity contribution in [3.63, 3.8) is 0 Å². The number of carbonyl (C=O) groups excluding carboxylic acids is 2. The van der Waals surface area contributed by atoms with Crippen molar-refractivity contribution in [3.8, 4) is 0 Å². The molecule has 5 heterocycles. The molecule has 0 N–H and O–H groups in total. The Kier molecular flexibility index (Phi) is 6.43. The molecule has 1 aromatic rings. The molecule has 0 unspecified atom stereocenters. The lowest BCUT2D eigenvalue weighted by Gasteiger charge is -2.48. The molecule has 6 aliphatic rings. The number of rotatable bonds is 4. The van der Waals surface area contributed by atoms with Crippen LogP contribution >= 0.6 is 0 Å². The molecular weight excluding hydrogens is 505 g/mol. The van der Waals surface area contributed by atoms with E-state index in [0.29, 0.717) is 45.2 Å². The van der Waals surface area contributed by atoms with Crippen LogP contribution in [0.15, 0.2) is 18.2 Å². The van der Waals surface area contributed by atoms with E-state index in [9.17, 15) is 9.59 Å². The Hall–Kier alpha value is -1.94. The molecular formula is C31H44BN3O5. The first kappa shape index (κ1) is 26.9. The smallest absolute Gasteiger partial charge is 0.399 e. The van der Waals surface area contributed by atoms with Crippen molar-refractivity contribution in [3.05, 3.63) is 23.8 Å². The van der Waals surface area contributed by atoms with Crippen molar-refractivity contribution in [2.75, 3.05) is 44.3 Å². The third-order valence-corrected chi connectivity index (χ3v) is 11.2. The fourth-order valence-electron chi connectivity index (χ4n) is 7.68. The van der Waals surface area contributed by atoms with Crippen molar-refractivity contribution in [1.29, 1.82) is 0 Å². The number of hydrogen-bond acceptors (Lipinski definition) is 6. The topological polar surface area (TPSA) is 71.6 Å². The van der Waals surface area contributed by atoms with Crippen LogP contribution in [0.4, 0.5) is 5.69 Å². The number of fused-ring (bicyclic) bond motifs is 2. The number of ether oxygens (including phenoxy) is 1.